The number of nitrogens with zero attached hydrogens (tertiary/aromatic N) is 3. The van der Waals surface area contributed by atoms with Crippen LogP contribution in [0.5, 0.6) is 0 Å². The van der Waals surface area contributed by atoms with Gasteiger partial charge in [0, 0.05) is 4.91 Å². The first kappa shape index (κ1) is 11.4. The molecule has 0 N–H and O–H groups in total. The number of halogens is 3. The molecule has 0 amide bonds. The first-order valence-electron chi connectivity index (χ1n) is 4.16. The van der Waals surface area contributed by atoms with Crippen LogP contribution in [0.3, 0.4) is 0 Å². The minimum absolute atomic E-state index is 0.461. The smallest absolute Gasteiger partial charge is 0.166 e. The van der Waals surface area contributed by atoms with Gasteiger partial charge < -0.3 is 0 Å². The fourth-order valence-electron chi connectivity index (χ4n) is 1.09. The Labute approximate surface area is 84.2 Å². The zero-order valence-electron chi connectivity index (χ0n) is 7.86. The highest BCUT2D eigenvalue weighted by Crippen LogP contribution is 2.30. The highest BCUT2D eigenvalue weighted by Gasteiger charge is 2.29. The maximum atomic E-state index is 12.2. The van der Waals surface area contributed by atoms with Crippen LogP contribution in [-0.4, -0.2) is 0 Å². The molecule has 1 rings (SSSR count). The predicted molar refractivity (Wildman–Crippen MR) is 49.0 cm³/mol. The van der Waals surface area contributed by atoms with Crippen LogP contribution < -0.4 is 0 Å². The third kappa shape index (κ3) is 2.89. The number of hydrogen-bond acceptors (Lipinski definition) is 1. The minimum Gasteiger partial charge on any atom is -0.166 e. The summed E-state index contributed by atoms with van der Waals surface area (Å²) in [5.74, 6) is 0. The highest BCUT2D eigenvalue weighted by atomic mass is 19.4. The monoisotopic (exact) mass is 215 g/mol. The highest BCUT2D eigenvalue weighted by molar-refractivity contribution is 5.26. The first-order chi connectivity index (χ1) is 6.95. The third-order valence-corrected chi connectivity index (χ3v) is 1.95. The maximum absolute atomic E-state index is 12.2. The Morgan fingerprint density at radius 3 is 2.20 bits per heavy atom. The lowest BCUT2D eigenvalue weighted by Crippen LogP contribution is -2.04. The van der Waals surface area contributed by atoms with E-state index < -0.39 is 17.8 Å². The molecule has 15 heavy (non-hydrogen) atoms. The number of benzene rings is 1. The minimum atomic E-state index is -4.33. The molecule has 0 aliphatic heterocycles. The van der Waals surface area contributed by atoms with E-state index in [1.807, 2.05) is 0 Å². The van der Waals surface area contributed by atoms with Gasteiger partial charge in [-0.1, -0.05) is 24.2 Å². The quantitative estimate of drug-likeness (QED) is 0.405. The van der Waals surface area contributed by atoms with E-state index in [9.17, 15) is 13.2 Å². The molecule has 0 spiro atoms. The molecule has 0 aromatic heterocycles. The van der Waals surface area contributed by atoms with Crippen molar-refractivity contribution in [2.45, 2.75) is 19.1 Å². The molecule has 80 valence electrons. The zero-order valence-corrected chi connectivity index (χ0v) is 7.86. The molecule has 1 aromatic rings. The summed E-state index contributed by atoms with van der Waals surface area (Å²) in [4.78, 5) is 2.59. The maximum Gasteiger partial charge on any atom is 0.416 e. The van der Waals surface area contributed by atoms with Crippen molar-refractivity contribution in [1.82, 2.24) is 0 Å². The fraction of sp³-hybridized carbons (Fsp3) is 0.333. The Balaban J connectivity index is 2.95. The molecule has 0 bridgehead atoms. The second-order valence-electron chi connectivity index (χ2n) is 3.00. The van der Waals surface area contributed by atoms with Gasteiger partial charge >= 0.3 is 6.18 Å². The van der Waals surface area contributed by atoms with Gasteiger partial charge in [-0.15, -0.1) is 0 Å². The molecule has 1 atom stereocenters. The van der Waals surface area contributed by atoms with E-state index >= 15 is 0 Å². The topological polar surface area (TPSA) is 48.8 Å². The van der Waals surface area contributed by atoms with Crippen molar-refractivity contribution in [2.75, 3.05) is 0 Å². The summed E-state index contributed by atoms with van der Waals surface area (Å²) in [6, 6.07) is 4.10. The molecule has 3 nitrogen and oxygen atoms in total. The van der Waals surface area contributed by atoms with Gasteiger partial charge in [-0.2, -0.15) is 13.2 Å². The predicted octanol–water partition coefficient (Wildman–Crippen LogP) is 4.08. The first-order valence-corrected chi connectivity index (χ1v) is 4.16. The summed E-state index contributed by atoms with van der Waals surface area (Å²) in [7, 11) is 0. The molecule has 6 heteroatoms. The van der Waals surface area contributed by atoms with Gasteiger partial charge in [-0.05, 0) is 23.2 Å². The van der Waals surface area contributed by atoms with Gasteiger partial charge in [0.25, 0.3) is 0 Å². The van der Waals surface area contributed by atoms with E-state index in [1.165, 1.54) is 12.1 Å². The lowest BCUT2D eigenvalue weighted by molar-refractivity contribution is -0.137. The van der Waals surface area contributed by atoms with Gasteiger partial charge in [0.1, 0.15) is 0 Å². The molecule has 0 radical (unpaired) electrons. The second kappa shape index (κ2) is 4.23. The lowest BCUT2D eigenvalue weighted by Gasteiger charge is -2.08. The molecule has 0 aliphatic carbocycles. The Morgan fingerprint density at radius 1 is 1.27 bits per heavy atom. The largest absolute Gasteiger partial charge is 0.416 e. The van der Waals surface area contributed by atoms with Crippen LogP contribution in [0.15, 0.2) is 29.4 Å². The molecule has 1 unspecified atom stereocenters. The average molecular weight is 215 g/mol. The average Bonchev–Trinajstić information content (AvgIpc) is 2.17. The van der Waals surface area contributed by atoms with Crippen molar-refractivity contribution in [3.05, 3.63) is 45.8 Å². The molecule has 0 heterocycles. The van der Waals surface area contributed by atoms with Crippen molar-refractivity contribution in [3.63, 3.8) is 0 Å². The summed E-state index contributed by atoms with van der Waals surface area (Å²) in [5, 5.41) is 3.39. The molecule has 0 aliphatic rings. The lowest BCUT2D eigenvalue weighted by atomic mass is 10.1. The third-order valence-electron chi connectivity index (χ3n) is 1.95. The van der Waals surface area contributed by atoms with E-state index in [0.29, 0.717) is 5.56 Å². The zero-order chi connectivity index (χ0) is 11.5. The fourth-order valence-corrected chi connectivity index (χ4v) is 1.09. The van der Waals surface area contributed by atoms with E-state index in [0.717, 1.165) is 12.1 Å². The SMILES string of the molecule is CC(N=[N+]=[N-])c1ccc(C(F)(F)F)cc1. The number of azide groups is 1. The van der Waals surface area contributed by atoms with E-state index in [2.05, 4.69) is 10.0 Å². The van der Waals surface area contributed by atoms with E-state index in [4.69, 9.17) is 5.53 Å². The summed E-state index contributed by atoms with van der Waals surface area (Å²) in [6.07, 6.45) is -4.33. The summed E-state index contributed by atoms with van der Waals surface area (Å²) >= 11 is 0. The van der Waals surface area contributed by atoms with Crippen molar-refractivity contribution in [3.8, 4) is 0 Å². The van der Waals surface area contributed by atoms with Crippen LogP contribution in [0.1, 0.15) is 24.1 Å². The van der Waals surface area contributed by atoms with Crippen LogP contribution in [0, 0.1) is 0 Å². The van der Waals surface area contributed by atoms with E-state index in [1.54, 1.807) is 6.92 Å². The Bertz CT molecular complexity index is 377. The second-order valence-corrected chi connectivity index (χ2v) is 3.00. The van der Waals surface area contributed by atoms with Crippen LogP contribution in [0.4, 0.5) is 13.2 Å². The standard InChI is InChI=1S/C9H8F3N3/c1-6(14-15-13)7-2-4-8(5-3-7)9(10,11)12/h2-6H,1H3. The van der Waals surface area contributed by atoms with Crippen molar-refractivity contribution < 1.29 is 13.2 Å². The normalized spacial score (nSPS) is 13.1. The van der Waals surface area contributed by atoms with Crippen molar-refractivity contribution >= 4 is 0 Å². The van der Waals surface area contributed by atoms with Crippen LogP contribution in [-0.2, 0) is 6.18 Å². The molecular formula is C9H8F3N3. The van der Waals surface area contributed by atoms with Gasteiger partial charge in [0.05, 0.1) is 11.6 Å². The van der Waals surface area contributed by atoms with Crippen LogP contribution >= 0.6 is 0 Å². The van der Waals surface area contributed by atoms with Gasteiger partial charge in [-0.3, -0.25) is 0 Å². The molecular weight excluding hydrogens is 207 g/mol. The van der Waals surface area contributed by atoms with Crippen LogP contribution in [0.2, 0.25) is 0 Å². The molecule has 0 fully saturated rings. The number of alkyl halides is 3. The van der Waals surface area contributed by atoms with E-state index in [-0.39, 0.29) is 0 Å². The Morgan fingerprint density at radius 2 is 1.80 bits per heavy atom. The van der Waals surface area contributed by atoms with Crippen molar-refractivity contribution in [1.29, 1.82) is 0 Å². The molecule has 1 aromatic carbocycles. The Kier molecular flexibility index (Phi) is 3.21. The van der Waals surface area contributed by atoms with Gasteiger partial charge in [0.15, 0.2) is 0 Å². The van der Waals surface area contributed by atoms with Gasteiger partial charge in [-0.25, -0.2) is 0 Å². The van der Waals surface area contributed by atoms with Crippen molar-refractivity contribution in [2.24, 2.45) is 5.11 Å². The summed E-state index contributed by atoms with van der Waals surface area (Å²) in [6.45, 7) is 1.61. The Hall–Kier alpha value is -1.68. The van der Waals surface area contributed by atoms with Gasteiger partial charge in [0.2, 0.25) is 0 Å². The number of hydrogen-bond donors (Lipinski definition) is 0. The molecule has 0 saturated carbocycles. The number of rotatable bonds is 2. The van der Waals surface area contributed by atoms with Crippen LogP contribution in [0.25, 0.3) is 10.4 Å². The summed E-state index contributed by atoms with van der Waals surface area (Å²) in [5.41, 5.74) is 8.01. The summed E-state index contributed by atoms with van der Waals surface area (Å²) < 4.78 is 36.6. The molecule has 0 saturated heterocycles.